The van der Waals surface area contributed by atoms with Crippen molar-refractivity contribution in [3.63, 3.8) is 0 Å². The average molecular weight is 391 g/mol. The van der Waals surface area contributed by atoms with Gasteiger partial charge in [-0.25, -0.2) is 4.79 Å². The molecular weight excluding hydrogens is 374 g/mol. The molecule has 4 rings (SSSR count). The van der Waals surface area contributed by atoms with Crippen molar-refractivity contribution < 1.29 is 15.0 Å². The number of carbonyl (C=O) groups excluding carboxylic acids is 1. The molecule has 0 unspecified atom stereocenters. The lowest BCUT2D eigenvalue weighted by Crippen LogP contribution is -2.36. The van der Waals surface area contributed by atoms with Crippen LogP contribution in [0, 0.1) is 0 Å². The lowest BCUT2D eigenvalue weighted by molar-refractivity contribution is 0.103. The third-order valence-corrected chi connectivity index (χ3v) is 4.92. The van der Waals surface area contributed by atoms with E-state index >= 15 is 0 Å². The summed E-state index contributed by atoms with van der Waals surface area (Å²) in [6.07, 6.45) is 0. The monoisotopic (exact) mass is 391 g/mol. The molecule has 8 nitrogen and oxygen atoms in total. The van der Waals surface area contributed by atoms with E-state index in [2.05, 4.69) is 4.98 Å². The Hall–Kier alpha value is -4.07. The zero-order valence-corrected chi connectivity index (χ0v) is 15.6. The number of aryl methyl sites for hydroxylation is 1. The molecule has 0 bridgehead atoms. The first-order valence-corrected chi connectivity index (χ1v) is 8.75. The van der Waals surface area contributed by atoms with Crippen molar-refractivity contribution in [2.75, 3.05) is 0 Å². The van der Waals surface area contributed by atoms with Gasteiger partial charge in [-0.2, -0.15) is 0 Å². The minimum Gasteiger partial charge on any atom is -0.508 e. The summed E-state index contributed by atoms with van der Waals surface area (Å²) in [4.78, 5) is 41.4. The van der Waals surface area contributed by atoms with Gasteiger partial charge in [0, 0.05) is 25.7 Å². The number of aromatic amines is 1. The molecule has 4 aromatic rings. The minimum absolute atomic E-state index is 0.0478. The Labute approximate surface area is 163 Å². The maximum absolute atomic E-state index is 13.3. The molecule has 0 aliphatic rings. The summed E-state index contributed by atoms with van der Waals surface area (Å²) in [6.45, 7) is 0. The molecule has 146 valence electrons. The van der Waals surface area contributed by atoms with Gasteiger partial charge >= 0.3 is 5.69 Å². The number of ketones is 1. The molecule has 0 saturated heterocycles. The minimum atomic E-state index is -0.577. The number of nitrogens with zero attached hydrogens (tertiary/aromatic N) is 2. The van der Waals surface area contributed by atoms with Crippen LogP contribution in [0.3, 0.4) is 0 Å². The molecule has 0 aliphatic heterocycles. The van der Waals surface area contributed by atoms with Gasteiger partial charge in [0.2, 0.25) is 5.78 Å². The van der Waals surface area contributed by atoms with Crippen LogP contribution in [0.25, 0.3) is 22.2 Å². The number of hydrogen-bond donors (Lipinski definition) is 3. The Morgan fingerprint density at radius 3 is 2.31 bits per heavy atom. The molecule has 29 heavy (non-hydrogen) atoms. The second-order valence-electron chi connectivity index (χ2n) is 6.70. The SMILES string of the molecule is Cn1c(=O)c2c(-c3ccccc3)c(C(=O)c3ccc(O)cc3O)[nH]c2n(C)c1=O. The number of phenols is 2. The maximum atomic E-state index is 13.3. The molecule has 0 atom stereocenters. The van der Waals surface area contributed by atoms with Crippen LogP contribution in [0.5, 0.6) is 11.5 Å². The fourth-order valence-electron chi connectivity index (χ4n) is 3.43. The van der Waals surface area contributed by atoms with Crippen molar-refractivity contribution in [1.29, 1.82) is 0 Å². The molecular formula is C21H17N3O5. The molecule has 0 aliphatic carbocycles. The highest BCUT2D eigenvalue weighted by atomic mass is 16.3. The van der Waals surface area contributed by atoms with Crippen molar-refractivity contribution in [3.05, 3.63) is 80.6 Å². The van der Waals surface area contributed by atoms with Crippen molar-refractivity contribution >= 4 is 16.8 Å². The number of fused-ring (bicyclic) bond motifs is 1. The van der Waals surface area contributed by atoms with Crippen molar-refractivity contribution in [2.24, 2.45) is 14.1 Å². The average Bonchev–Trinajstić information content (AvgIpc) is 3.11. The van der Waals surface area contributed by atoms with Gasteiger partial charge in [-0.15, -0.1) is 0 Å². The first kappa shape index (κ1) is 18.3. The van der Waals surface area contributed by atoms with Crippen molar-refractivity contribution in [2.45, 2.75) is 0 Å². The van der Waals surface area contributed by atoms with Crippen LogP contribution >= 0.6 is 0 Å². The Morgan fingerprint density at radius 1 is 0.966 bits per heavy atom. The lowest BCUT2D eigenvalue weighted by atomic mass is 9.98. The molecule has 2 aromatic carbocycles. The van der Waals surface area contributed by atoms with E-state index in [0.29, 0.717) is 11.1 Å². The maximum Gasteiger partial charge on any atom is 0.332 e. The summed E-state index contributed by atoms with van der Waals surface area (Å²) in [5, 5.41) is 19.8. The number of aromatic hydroxyl groups is 2. The fraction of sp³-hybridized carbons (Fsp3) is 0.0952. The Balaban J connectivity index is 2.13. The molecule has 2 aromatic heterocycles. The third-order valence-electron chi connectivity index (χ3n) is 4.92. The zero-order chi connectivity index (χ0) is 20.9. The van der Waals surface area contributed by atoms with Crippen LogP contribution in [-0.2, 0) is 14.1 Å². The number of benzene rings is 2. The number of rotatable bonds is 3. The molecule has 0 amide bonds. The Morgan fingerprint density at radius 2 is 1.66 bits per heavy atom. The van der Waals surface area contributed by atoms with Gasteiger partial charge in [-0.05, 0) is 17.7 Å². The van der Waals surface area contributed by atoms with Gasteiger partial charge in [0.15, 0.2) is 0 Å². The summed E-state index contributed by atoms with van der Waals surface area (Å²) in [6, 6.07) is 12.5. The number of H-pyrrole nitrogens is 1. The van der Waals surface area contributed by atoms with Gasteiger partial charge < -0.3 is 15.2 Å². The van der Waals surface area contributed by atoms with Crippen LogP contribution in [-0.4, -0.2) is 30.1 Å². The van der Waals surface area contributed by atoms with E-state index in [9.17, 15) is 24.6 Å². The summed E-state index contributed by atoms with van der Waals surface area (Å²) in [5.74, 6) is -1.16. The van der Waals surface area contributed by atoms with Crippen LogP contribution in [0.1, 0.15) is 16.1 Å². The highest BCUT2D eigenvalue weighted by molar-refractivity contribution is 6.17. The van der Waals surface area contributed by atoms with Crippen LogP contribution in [0.2, 0.25) is 0 Å². The number of nitrogens with one attached hydrogen (secondary N) is 1. The first-order chi connectivity index (χ1) is 13.8. The van der Waals surface area contributed by atoms with Gasteiger partial charge in [0.1, 0.15) is 17.1 Å². The van der Waals surface area contributed by atoms with E-state index in [0.717, 1.165) is 10.6 Å². The summed E-state index contributed by atoms with van der Waals surface area (Å²) >= 11 is 0. The van der Waals surface area contributed by atoms with E-state index < -0.39 is 22.8 Å². The smallest absolute Gasteiger partial charge is 0.332 e. The molecule has 2 heterocycles. The van der Waals surface area contributed by atoms with E-state index in [-0.39, 0.29) is 28.0 Å². The summed E-state index contributed by atoms with van der Waals surface area (Å²) in [7, 11) is 2.88. The Kier molecular flexibility index (Phi) is 4.11. The van der Waals surface area contributed by atoms with E-state index in [1.807, 2.05) is 0 Å². The molecule has 3 N–H and O–H groups in total. The molecule has 0 radical (unpaired) electrons. The van der Waals surface area contributed by atoms with Crippen LogP contribution in [0.15, 0.2) is 58.1 Å². The van der Waals surface area contributed by atoms with Gasteiger partial charge in [-0.1, -0.05) is 30.3 Å². The third kappa shape index (κ3) is 2.73. The van der Waals surface area contributed by atoms with Crippen molar-refractivity contribution in [1.82, 2.24) is 14.1 Å². The van der Waals surface area contributed by atoms with Crippen LogP contribution < -0.4 is 11.2 Å². The number of phenolic OH excluding ortho intramolecular Hbond substituents is 2. The number of aromatic nitrogens is 3. The predicted molar refractivity (Wildman–Crippen MR) is 107 cm³/mol. The highest BCUT2D eigenvalue weighted by Gasteiger charge is 2.26. The van der Waals surface area contributed by atoms with E-state index in [1.54, 1.807) is 30.3 Å². The number of hydrogen-bond acceptors (Lipinski definition) is 5. The second-order valence-corrected chi connectivity index (χ2v) is 6.70. The quantitative estimate of drug-likeness (QED) is 0.461. The fourth-order valence-corrected chi connectivity index (χ4v) is 3.43. The molecule has 0 saturated carbocycles. The molecule has 8 heteroatoms. The van der Waals surface area contributed by atoms with Crippen LogP contribution in [0.4, 0.5) is 0 Å². The van der Waals surface area contributed by atoms with Gasteiger partial charge in [0.05, 0.1) is 16.6 Å². The first-order valence-electron chi connectivity index (χ1n) is 8.75. The van der Waals surface area contributed by atoms with Gasteiger partial charge in [0.25, 0.3) is 5.56 Å². The van der Waals surface area contributed by atoms with E-state index in [4.69, 9.17) is 0 Å². The standard InChI is InChI=1S/C21H17N3O5/c1-23-19-16(20(28)24(2)21(23)29)15(11-6-4-3-5-7-11)17(22-19)18(27)13-9-8-12(25)10-14(13)26/h3-10,22,25-26H,1-2H3. The highest BCUT2D eigenvalue weighted by Crippen LogP contribution is 2.33. The van der Waals surface area contributed by atoms with E-state index in [1.165, 1.54) is 30.8 Å². The van der Waals surface area contributed by atoms with Gasteiger partial charge in [-0.3, -0.25) is 18.7 Å². The lowest BCUT2D eigenvalue weighted by Gasteiger charge is -2.07. The molecule has 0 fully saturated rings. The topological polar surface area (TPSA) is 117 Å². The largest absolute Gasteiger partial charge is 0.508 e. The number of carbonyl (C=O) groups is 1. The molecule has 0 spiro atoms. The predicted octanol–water partition coefficient (Wildman–Crippen LogP) is 1.87. The zero-order valence-electron chi connectivity index (χ0n) is 15.6. The summed E-state index contributed by atoms with van der Waals surface area (Å²) in [5.41, 5.74) is 0.102. The van der Waals surface area contributed by atoms with Crippen molar-refractivity contribution in [3.8, 4) is 22.6 Å². The normalized spacial score (nSPS) is 11.1. The summed E-state index contributed by atoms with van der Waals surface area (Å²) < 4.78 is 2.24. The Bertz CT molecular complexity index is 1390. The second kappa shape index (κ2) is 6.52.